The highest BCUT2D eigenvalue weighted by Crippen LogP contribution is 2.40. The topological polar surface area (TPSA) is 8.17 Å². The molecule has 0 aliphatic rings. The molecule has 0 radical (unpaired) electrons. The minimum atomic E-state index is 1.09. The molecular weight excluding hydrogens is 773 g/mol. The Bertz CT molecular complexity index is 3210. The molecule has 0 aliphatic heterocycles. The zero-order valence-corrected chi connectivity index (χ0v) is 35.3. The lowest BCUT2D eigenvalue weighted by Crippen LogP contribution is -2.10. The number of rotatable bonds is 10. The van der Waals surface area contributed by atoms with Crippen molar-refractivity contribution in [3.05, 3.63) is 266 Å². The van der Waals surface area contributed by atoms with Crippen molar-refractivity contribution in [1.82, 2.24) is 4.57 Å². The fourth-order valence-electron chi connectivity index (χ4n) is 8.90. The van der Waals surface area contributed by atoms with E-state index in [2.05, 4.69) is 270 Å². The lowest BCUT2D eigenvalue weighted by Gasteiger charge is -2.26. The van der Waals surface area contributed by atoms with Crippen LogP contribution in [0.15, 0.2) is 255 Å². The molecule has 64 heavy (non-hydrogen) atoms. The standard InChI is InChI=1S/C62H44N2/c1-5-13-45(14-6-1)21-22-46-23-35-56(36-24-46)63(55-19-11-4-12-20-55)57-37-39-58(40-38-57)64-61-41-33-53(51-29-25-49(26-30-51)47-15-7-2-8-16-47)43-59(61)60-44-54(34-42-62(60)64)52-31-27-50(28-32-52)48-17-9-3-10-18-48/h1-44H/b22-21+. The highest BCUT2D eigenvalue weighted by molar-refractivity contribution is 6.11. The summed E-state index contributed by atoms with van der Waals surface area (Å²) >= 11 is 0. The maximum Gasteiger partial charge on any atom is 0.0541 e. The average Bonchev–Trinajstić information content (AvgIpc) is 3.70. The van der Waals surface area contributed by atoms with Crippen LogP contribution < -0.4 is 4.90 Å². The second-order valence-electron chi connectivity index (χ2n) is 16.2. The lowest BCUT2D eigenvalue weighted by atomic mass is 9.97. The Morgan fingerprint density at radius 2 is 0.594 bits per heavy atom. The molecule has 1 heterocycles. The minimum absolute atomic E-state index is 1.09. The Labute approximate surface area is 374 Å². The number of fused-ring (bicyclic) bond motifs is 3. The fraction of sp³-hybridized carbons (Fsp3) is 0. The molecule has 0 atom stereocenters. The third-order valence-electron chi connectivity index (χ3n) is 12.2. The summed E-state index contributed by atoms with van der Waals surface area (Å²) in [7, 11) is 0. The molecule has 0 unspecified atom stereocenters. The van der Waals surface area contributed by atoms with Crippen LogP contribution in [-0.4, -0.2) is 4.57 Å². The van der Waals surface area contributed by atoms with E-state index in [0.29, 0.717) is 0 Å². The number of anilines is 3. The number of hydrogen-bond donors (Lipinski definition) is 0. The van der Waals surface area contributed by atoms with Crippen LogP contribution in [0.3, 0.4) is 0 Å². The van der Waals surface area contributed by atoms with Crippen molar-refractivity contribution >= 4 is 51.0 Å². The molecule has 0 aliphatic carbocycles. The Balaban J connectivity index is 0.983. The molecule has 0 bridgehead atoms. The molecule has 11 aromatic rings. The largest absolute Gasteiger partial charge is 0.311 e. The van der Waals surface area contributed by atoms with E-state index in [0.717, 1.165) is 28.3 Å². The Morgan fingerprint density at radius 1 is 0.266 bits per heavy atom. The first-order valence-corrected chi connectivity index (χ1v) is 21.9. The number of hydrogen-bond acceptors (Lipinski definition) is 1. The van der Waals surface area contributed by atoms with Crippen molar-refractivity contribution < 1.29 is 0 Å². The molecule has 11 rings (SSSR count). The van der Waals surface area contributed by atoms with Gasteiger partial charge in [-0.3, -0.25) is 0 Å². The van der Waals surface area contributed by atoms with Gasteiger partial charge in [0.15, 0.2) is 0 Å². The van der Waals surface area contributed by atoms with Crippen molar-refractivity contribution in [1.29, 1.82) is 0 Å². The van der Waals surface area contributed by atoms with Crippen LogP contribution in [0.4, 0.5) is 17.1 Å². The van der Waals surface area contributed by atoms with Crippen molar-refractivity contribution in [3.8, 4) is 50.2 Å². The van der Waals surface area contributed by atoms with Crippen LogP contribution in [0.5, 0.6) is 0 Å². The second-order valence-corrected chi connectivity index (χ2v) is 16.2. The first-order valence-electron chi connectivity index (χ1n) is 21.9. The van der Waals surface area contributed by atoms with Crippen molar-refractivity contribution in [2.45, 2.75) is 0 Å². The molecule has 0 N–H and O–H groups in total. The maximum atomic E-state index is 2.42. The summed E-state index contributed by atoms with van der Waals surface area (Å²) in [4.78, 5) is 2.32. The Kier molecular flexibility index (Phi) is 10.3. The highest BCUT2D eigenvalue weighted by atomic mass is 15.1. The molecule has 0 fully saturated rings. The minimum Gasteiger partial charge on any atom is -0.311 e. The van der Waals surface area contributed by atoms with Crippen molar-refractivity contribution in [3.63, 3.8) is 0 Å². The van der Waals surface area contributed by atoms with Crippen LogP contribution in [-0.2, 0) is 0 Å². The number of para-hydroxylation sites is 1. The zero-order chi connectivity index (χ0) is 42.7. The first-order chi connectivity index (χ1) is 31.7. The van der Waals surface area contributed by atoms with Gasteiger partial charge >= 0.3 is 0 Å². The molecule has 0 spiro atoms. The van der Waals surface area contributed by atoms with Gasteiger partial charge in [-0.05, 0) is 128 Å². The SMILES string of the molecule is C(=C\c1ccc(N(c2ccccc2)c2ccc(-n3c4ccc(-c5ccc(-c6ccccc6)cc5)cc4c4cc(-c5ccc(-c6ccccc6)cc5)ccc43)cc2)cc1)/c1ccccc1. The summed E-state index contributed by atoms with van der Waals surface area (Å²) in [5.41, 5.74) is 18.7. The quantitative estimate of drug-likeness (QED) is 0.125. The smallest absolute Gasteiger partial charge is 0.0541 e. The van der Waals surface area contributed by atoms with Gasteiger partial charge in [-0.15, -0.1) is 0 Å². The summed E-state index contributed by atoms with van der Waals surface area (Å²) in [5.74, 6) is 0. The van der Waals surface area contributed by atoms with Gasteiger partial charge in [-0.25, -0.2) is 0 Å². The molecule has 1 aromatic heterocycles. The van der Waals surface area contributed by atoms with E-state index in [9.17, 15) is 0 Å². The summed E-state index contributed by atoms with van der Waals surface area (Å²) in [6.07, 6.45) is 4.33. The van der Waals surface area contributed by atoms with E-state index in [1.807, 2.05) is 6.07 Å². The highest BCUT2D eigenvalue weighted by Gasteiger charge is 2.17. The molecular formula is C62H44N2. The molecule has 10 aromatic carbocycles. The summed E-state index contributed by atoms with van der Waals surface area (Å²) in [5, 5.41) is 2.44. The van der Waals surface area contributed by atoms with Gasteiger partial charge < -0.3 is 9.47 Å². The third kappa shape index (κ3) is 7.70. The van der Waals surface area contributed by atoms with Gasteiger partial charge in [0.1, 0.15) is 0 Å². The first kappa shape index (κ1) is 38.5. The van der Waals surface area contributed by atoms with E-state index in [1.54, 1.807) is 0 Å². The molecule has 0 saturated carbocycles. The van der Waals surface area contributed by atoms with Gasteiger partial charge in [0.25, 0.3) is 0 Å². The number of aromatic nitrogens is 1. The maximum absolute atomic E-state index is 2.42. The van der Waals surface area contributed by atoms with Crippen LogP contribution in [0.2, 0.25) is 0 Å². The predicted octanol–water partition coefficient (Wildman–Crippen LogP) is 17.1. The number of benzene rings is 10. The monoisotopic (exact) mass is 816 g/mol. The normalized spacial score (nSPS) is 11.4. The van der Waals surface area contributed by atoms with Crippen LogP contribution in [0, 0.1) is 0 Å². The Hall–Kier alpha value is -8.46. The molecule has 302 valence electrons. The van der Waals surface area contributed by atoms with E-state index < -0.39 is 0 Å². The van der Waals surface area contributed by atoms with Gasteiger partial charge in [-0.1, -0.05) is 194 Å². The Morgan fingerprint density at radius 3 is 1.05 bits per heavy atom. The lowest BCUT2D eigenvalue weighted by molar-refractivity contribution is 1.17. The van der Waals surface area contributed by atoms with Gasteiger partial charge in [-0.2, -0.15) is 0 Å². The summed E-state index contributed by atoms with van der Waals surface area (Å²) < 4.78 is 2.42. The van der Waals surface area contributed by atoms with E-state index in [4.69, 9.17) is 0 Å². The van der Waals surface area contributed by atoms with Gasteiger partial charge in [0.2, 0.25) is 0 Å². The molecule has 0 saturated heterocycles. The zero-order valence-electron chi connectivity index (χ0n) is 35.3. The van der Waals surface area contributed by atoms with Gasteiger partial charge in [0, 0.05) is 33.5 Å². The van der Waals surface area contributed by atoms with Crippen molar-refractivity contribution in [2.75, 3.05) is 4.90 Å². The predicted molar refractivity (Wildman–Crippen MR) is 273 cm³/mol. The van der Waals surface area contributed by atoms with Crippen LogP contribution >= 0.6 is 0 Å². The van der Waals surface area contributed by atoms with E-state index in [1.165, 1.54) is 71.9 Å². The summed E-state index contributed by atoms with van der Waals surface area (Å²) in [6.45, 7) is 0. The molecule has 0 amide bonds. The summed E-state index contributed by atoms with van der Waals surface area (Å²) in [6, 6.07) is 91.8. The van der Waals surface area contributed by atoms with E-state index in [-0.39, 0.29) is 0 Å². The third-order valence-corrected chi connectivity index (χ3v) is 12.2. The van der Waals surface area contributed by atoms with Crippen LogP contribution in [0.1, 0.15) is 11.1 Å². The molecule has 2 heteroatoms. The second kappa shape index (κ2) is 17.1. The van der Waals surface area contributed by atoms with Crippen LogP contribution in [0.25, 0.3) is 84.2 Å². The van der Waals surface area contributed by atoms with E-state index >= 15 is 0 Å². The molecule has 2 nitrogen and oxygen atoms in total. The fourth-order valence-corrected chi connectivity index (χ4v) is 8.90. The van der Waals surface area contributed by atoms with Crippen molar-refractivity contribution in [2.24, 2.45) is 0 Å². The van der Waals surface area contributed by atoms with Gasteiger partial charge in [0.05, 0.1) is 11.0 Å². The number of nitrogens with zero attached hydrogens (tertiary/aromatic N) is 2. The average molecular weight is 817 g/mol.